The fraction of sp³-hybridized carbons (Fsp3) is 0.257. The first-order chi connectivity index (χ1) is 20.6. The molecule has 0 aliphatic rings. The van der Waals surface area contributed by atoms with Crippen LogP contribution in [0.5, 0.6) is 0 Å². The Hall–Kier alpha value is -4.43. The summed E-state index contributed by atoms with van der Waals surface area (Å²) in [5, 5.41) is 2.89. The number of nitrogens with zero attached hydrogens (tertiary/aromatic N) is 2. The zero-order valence-corrected chi connectivity index (χ0v) is 26.0. The first kappa shape index (κ1) is 31.5. The molecule has 4 rings (SSSR count). The van der Waals surface area contributed by atoms with E-state index >= 15 is 0 Å². The molecule has 0 unspecified atom stereocenters. The molecule has 0 saturated heterocycles. The van der Waals surface area contributed by atoms with Crippen molar-refractivity contribution in [2.24, 2.45) is 0 Å². The minimum absolute atomic E-state index is 0.0821. The van der Waals surface area contributed by atoms with E-state index in [0.29, 0.717) is 17.8 Å². The Kier molecular flexibility index (Phi) is 10.4. The monoisotopic (exact) mass is 597 g/mol. The highest BCUT2D eigenvalue weighted by Crippen LogP contribution is 2.29. The van der Waals surface area contributed by atoms with Crippen LogP contribution in [0.3, 0.4) is 0 Å². The molecule has 0 aromatic heterocycles. The van der Waals surface area contributed by atoms with Crippen molar-refractivity contribution in [3.63, 3.8) is 0 Å². The summed E-state index contributed by atoms with van der Waals surface area (Å²) in [6.07, 6.45) is 0.277. The topological polar surface area (TPSA) is 86.8 Å². The summed E-state index contributed by atoms with van der Waals surface area (Å²) in [6.45, 7) is 7.56. The average molecular weight is 598 g/mol. The van der Waals surface area contributed by atoms with E-state index in [0.717, 1.165) is 22.3 Å². The van der Waals surface area contributed by atoms with Crippen molar-refractivity contribution in [2.45, 2.75) is 51.6 Å². The number of hydrogen-bond donors (Lipinski definition) is 1. The predicted octanol–water partition coefficient (Wildman–Crippen LogP) is 5.58. The third kappa shape index (κ3) is 7.70. The number of carbonyl (C=O) groups is 2. The molecule has 0 spiro atoms. The Labute approximate surface area is 255 Å². The lowest BCUT2D eigenvalue weighted by Gasteiger charge is -2.34. The predicted molar refractivity (Wildman–Crippen MR) is 171 cm³/mol. The molecule has 2 amide bonds. The number of likely N-dealkylation sites (N-methyl/N-ethyl adjacent to an activating group) is 1. The zero-order valence-electron chi connectivity index (χ0n) is 25.2. The molecule has 7 nitrogen and oxygen atoms in total. The van der Waals surface area contributed by atoms with Gasteiger partial charge in [-0.1, -0.05) is 84.9 Å². The molecular formula is C35H39N3O4S. The first-order valence-corrected chi connectivity index (χ1v) is 15.9. The van der Waals surface area contributed by atoms with Crippen LogP contribution in [0.4, 0.5) is 5.69 Å². The van der Waals surface area contributed by atoms with Crippen molar-refractivity contribution in [2.75, 3.05) is 17.4 Å². The van der Waals surface area contributed by atoms with Gasteiger partial charge < -0.3 is 10.2 Å². The molecule has 1 N–H and O–H groups in total. The summed E-state index contributed by atoms with van der Waals surface area (Å²) in [6, 6.07) is 30.0. The van der Waals surface area contributed by atoms with Gasteiger partial charge in [0.15, 0.2) is 0 Å². The molecule has 0 fully saturated rings. The number of rotatable bonds is 12. The highest BCUT2D eigenvalue weighted by Gasteiger charge is 2.35. The van der Waals surface area contributed by atoms with Gasteiger partial charge >= 0.3 is 0 Å². The largest absolute Gasteiger partial charge is 0.355 e. The maximum absolute atomic E-state index is 14.5. The Morgan fingerprint density at radius 2 is 1.42 bits per heavy atom. The summed E-state index contributed by atoms with van der Waals surface area (Å²) in [5.74, 6) is -0.770. The molecule has 0 bridgehead atoms. The number of benzene rings is 4. The van der Waals surface area contributed by atoms with Gasteiger partial charge in [-0.05, 0) is 73.7 Å². The minimum atomic E-state index is -4.13. The van der Waals surface area contributed by atoms with Crippen molar-refractivity contribution in [3.8, 4) is 0 Å². The minimum Gasteiger partial charge on any atom is -0.355 e. The summed E-state index contributed by atoms with van der Waals surface area (Å²) in [7, 11) is -4.13. The number of carbonyl (C=O) groups excluding carboxylic acids is 2. The molecule has 4 aromatic rings. The normalized spacial score (nSPS) is 11.9. The van der Waals surface area contributed by atoms with Gasteiger partial charge in [-0.3, -0.25) is 13.9 Å². The van der Waals surface area contributed by atoms with Gasteiger partial charge in [-0.2, -0.15) is 0 Å². The van der Waals surface area contributed by atoms with Crippen molar-refractivity contribution < 1.29 is 18.0 Å². The van der Waals surface area contributed by atoms with Crippen LogP contribution in [-0.4, -0.2) is 44.3 Å². The Balaban J connectivity index is 1.83. The lowest BCUT2D eigenvalue weighted by molar-refractivity contribution is -0.140. The molecule has 0 radical (unpaired) electrons. The molecular weight excluding hydrogens is 558 g/mol. The number of aryl methyl sites for hydroxylation is 3. The van der Waals surface area contributed by atoms with Crippen LogP contribution >= 0.6 is 0 Å². The second-order valence-corrected chi connectivity index (χ2v) is 12.5. The van der Waals surface area contributed by atoms with Crippen LogP contribution in [0.25, 0.3) is 0 Å². The van der Waals surface area contributed by atoms with Gasteiger partial charge in [0.05, 0.1) is 10.6 Å². The lowest BCUT2D eigenvalue weighted by Crippen LogP contribution is -2.53. The van der Waals surface area contributed by atoms with Gasteiger partial charge in [0.2, 0.25) is 11.8 Å². The third-order valence-electron chi connectivity index (χ3n) is 7.47. The van der Waals surface area contributed by atoms with E-state index in [1.807, 2.05) is 94.4 Å². The van der Waals surface area contributed by atoms with Crippen LogP contribution in [-0.2, 0) is 32.6 Å². The second-order valence-electron chi connectivity index (χ2n) is 10.7. The van der Waals surface area contributed by atoms with Gasteiger partial charge in [-0.25, -0.2) is 8.42 Å². The molecule has 43 heavy (non-hydrogen) atoms. The quantitative estimate of drug-likeness (QED) is 0.231. The molecule has 0 aliphatic carbocycles. The SMILES string of the molecule is CCNC(=O)[C@@H](Cc1ccccc1)N(Cc1ccccc1C)C(=O)CN(c1cc(C)ccc1C)S(=O)(=O)c1ccccc1. The van der Waals surface area contributed by atoms with Crippen LogP contribution in [0.2, 0.25) is 0 Å². The zero-order chi connectivity index (χ0) is 31.0. The van der Waals surface area contributed by atoms with Gasteiger partial charge in [0.1, 0.15) is 12.6 Å². The highest BCUT2D eigenvalue weighted by atomic mass is 32.2. The number of amides is 2. The summed E-state index contributed by atoms with van der Waals surface area (Å²) in [4.78, 5) is 29.7. The Bertz CT molecular complexity index is 1660. The molecule has 224 valence electrons. The maximum atomic E-state index is 14.5. The molecule has 0 heterocycles. The maximum Gasteiger partial charge on any atom is 0.264 e. The summed E-state index contributed by atoms with van der Waals surface area (Å²) >= 11 is 0. The smallest absolute Gasteiger partial charge is 0.264 e. The fourth-order valence-electron chi connectivity index (χ4n) is 5.04. The fourth-order valence-corrected chi connectivity index (χ4v) is 6.53. The van der Waals surface area contributed by atoms with Crippen molar-refractivity contribution in [3.05, 3.63) is 131 Å². The molecule has 0 saturated carbocycles. The van der Waals surface area contributed by atoms with Gasteiger partial charge in [0.25, 0.3) is 10.0 Å². The lowest BCUT2D eigenvalue weighted by atomic mass is 10.0. The molecule has 1 atom stereocenters. The van der Waals surface area contributed by atoms with Crippen LogP contribution in [0.1, 0.15) is 34.7 Å². The van der Waals surface area contributed by atoms with E-state index in [2.05, 4.69) is 5.32 Å². The van der Waals surface area contributed by atoms with Gasteiger partial charge in [0, 0.05) is 19.5 Å². The van der Waals surface area contributed by atoms with Gasteiger partial charge in [-0.15, -0.1) is 0 Å². The van der Waals surface area contributed by atoms with E-state index in [9.17, 15) is 18.0 Å². The highest BCUT2D eigenvalue weighted by molar-refractivity contribution is 7.92. The first-order valence-electron chi connectivity index (χ1n) is 14.4. The standard InChI is InChI=1S/C35H39N3O4S/c1-5-36-35(40)33(23-29-15-8-6-9-16-29)37(24-30-17-13-12-14-27(30)3)34(39)25-38(32-22-26(2)20-21-28(32)4)43(41,42)31-18-10-7-11-19-31/h6-22,33H,5,23-25H2,1-4H3,(H,36,40)/t33-/m1/s1. The van der Waals surface area contributed by atoms with Crippen molar-refractivity contribution in [1.82, 2.24) is 10.2 Å². The summed E-state index contributed by atoms with van der Waals surface area (Å²) < 4.78 is 29.5. The third-order valence-corrected chi connectivity index (χ3v) is 9.24. The number of anilines is 1. The van der Waals surface area contributed by atoms with Crippen molar-refractivity contribution in [1.29, 1.82) is 0 Å². The van der Waals surface area contributed by atoms with E-state index in [-0.39, 0.29) is 23.8 Å². The van der Waals surface area contributed by atoms with Crippen LogP contribution < -0.4 is 9.62 Å². The van der Waals surface area contributed by atoms with E-state index < -0.39 is 28.5 Å². The molecule has 8 heteroatoms. The van der Waals surface area contributed by atoms with Crippen LogP contribution in [0.15, 0.2) is 108 Å². The average Bonchev–Trinajstić information content (AvgIpc) is 3.00. The van der Waals surface area contributed by atoms with Crippen LogP contribution in [0, 0.1) is 20.8 Å². The second kappa shape index (κ2) is 14.2. The molecule has 0 aliphatic heterocycles. The van der Waals surface area contributed by atoms with E-state index in [1.165, 1.54) is 21.3 Å². The van der Waals surface area contributed by atoms with Crippen molar-refractivity contribution >= 4 is 27.5 Å². The number of hydrogen-bond acceptors (Lipinski definition) is 4. The van der Waals surface area contributed by atoms with E-state index in [1.54, 1.807) is 24.3 Å². The summed E-state index contributed by atoms with van der Waals surface area (Å²) in [5.41, 5.74) is 4.74. The number of sulfonamides is 1. The van der Waals surface area contributed by atoms with E-state index in [4.69, 9.17) is 0 Å². The Morgan fingerprint density at radius 3 is 2.07 bits per heavy atom. The Morgan fingerprint density at radius 1 is 0.791 bits per heavy atom. The number of nitrogens with one attached hydrogen (secondary N) is 1. The molecule has 4 aromatic carbocycles.